The number of piperidine rings is 2. The first-order chi connectivity index (χ1) is 13.4. The molecule has 0 bridgehead atoms. The standard InChI is InChI=1S/C21H25N3O4/c1-22-17-4-2-16(3-5-17)20(28)24-14-10-21(11-15-24)8-12-23(13-9-21)18(25)6-7-19(26)27/h2-5H,6-15H2,(H,26,27). The number of hydrogen-bond donors (Lipinski definition) is 1. The summed E-state index contributed by atoms with van der Waals surface area (Å²) in [4.78, 5) is 42.4. The lowest BCUT2D eigenvalue weighted by molar-refractivity contribution is -0.141. The molecule has 2 aliphatic heterocycles. The Bertz CT molecular complexity index is 779. The first-order valence-corrected chi connectivity index (χ1v) is 9.69. The Labute approximate surface area is 164 Å². The molecule has 7 nitrogen and oxygen atoms in total. The Hall–Kier alpha value is -2.88. The van der Waals surface area contributed by atoms with E-state index < -0.39 is 5.97 Å². The number of carboxylic acid groups (broad SMARTS) is 1. The van der Waals surface area contributed by atoms with E-state index in [1.807, 2.05) is 4.90 Å². The van der Waals surface area contributed by atoms with E-state index in [-0.39, 0.29) is 30.1 Å². The molecular weight excluding hydrogens is 358 g/mol. The Morgan fingerprint density at radius 3 is 1.96 bits per heavy atom. The van der Waals surface area contributed by atoms with Gasteiger partial charge in [-0.3, -0.25) is 14.4 Å². The highest BCUT2D eigenvalue weighted by atomic mass is 16.4. The van der Waals surface area contributed by atoms with Crippen LogP contribution in [0.1, 0.15) is 48.9 Å². The second-order valence-corrected chi connectivity index (χ2v) is 7.73. The highest BCUT2D eigenvalue weighted by Crippen LogP contribution is 2.41. The molecule has 1 spiro atoms. The van der Waals surface area contributed by atoms with Gasteiger partial charge in [0.1, 0.15) is 0 Å². The fraction of sp³-hybridized carbons (Fsp3) is 0.524. The molecule has 148 valence electrons. The summed E-state index contributed by atoms with van der Waals surface area (Å²) in [5, 5.41) is 8.72. The van der Waals surface area contributed by atoms with Crippen LogP contribution in [0.25, 0.3) is 4.85 Å². The van der Waals surface area contributed by atoms with Crippen LogP contribution in [-0.4, -0.2) is 58.9 Å². The molecule has 1 aromatic carbocycles. The van der Waals surface area contributed by atoms with Gasteiger partial charge in [-0.25, -0.2) is 4.85 Å². The number of likely N-dealkylation sites (tertiary alicyclic amines) is 2. The van der Waals surface area contributed by atoms with E-state index >= 15 is 0 Å². The first-order valence-electron chi connectivity index (χ1n) is 9.69. The lowest BCUT2D eigenvalue weighted by Gasteiger charge is -2.47. The average molecular weight is 383 g/mol. The van der Waals surface area contributed by atoms with Crippen LogP contribution < -0.4 is 0 Å². The van der Waals surface area contributed by atoms with Crippen molar-refractivity contribution in [1.29, 1.82) is 0 Å². The lowest BCUT2D eigenvalue weighted by Crippen LogP contribution is -2.49. The van der Waals surface area contributed by atoms with Crippen LogP contribution in [0, 0.1) is 12.0 Å². The van der Waals surface area contributed by atoms with Gasteiger partial charge >= 0.3 is 5.97 Å². The number of amides is 2. The molecule has 0 radical (unpaired) electrons. The maximum absolute atomic E-state index is 12.7. The first kappa shape index (κ1) is 19.9. The average Bonchev–Trinajstić information content (AvgIpc) is 2.72. The fourth-order valence-corrected chi connectivity index (χ4v) is 4.15. The van der Waals surface area contributed by atoms with E-state index in [2.05, 4.69) is 4.85 Å². The predicted octanol–water partition coefficient (Wildman–Crippen LogP) is 2.95. The molecule has 2 fully saturated rings. The molecule has 1 aromatic rings. The van der Waals surface area contributed by atoms with Gasteiger partial charge in [0.2, 0.25) is 5.91 Å². The molecule has 0 saturated carbocycles. The van der Waals surface area contributed by atoms with Gasteiger partial charge in [0.05, 0.1) is 13.0 Å². The normalized spacial score (nSPS) is 18.5. The smallest absolute Gasteiger partial charge is 0.303 e. The molecule has 0 aliphatic carbocycles. The molecule has 2 aliphatic rings. The van der Waals surface area contributed by atoms with Crippen molar-refractivity contribution in [3.05, 3.63) is 41.2 Å². The summed E-state index contributed by atoms with van der Waals surface area (Å²) in [7, 11) is 0. The van der Waals surface area contributed by atoms with Gasteiger partial charge in [-0.05, 0) is 31.1 Å². The summed E-state index contributed by atoms with van der Waals surface area (Å²) in [5.41, 5.74) is 1.31. The van der Waals surface area contributed by atoms with Gasteiger partial charge in [-0.1, -0.05) is 24.3 Å². The number of carbonyl (C=O) groups excluding carboxylic acids is 2. The van der Waals surface area contributed by atoms with Crippen LogP contribution in [0.15, 0.2) is 24.3 Å². The Balaban J connectivity index is 1.50. The van der Waals surface area contributed by atoms with Crippen LogP contribution in [0.4, 0.5) is 5.69 Å². The third-order valence-electron chi connectivity index (χ3n) is 6.08. The molecule has 0 atom stereocenters. The number of carboxylic acids is 1. The number of carbonyl (C=O) groups is 3. The van der Waals surface area contributed by atoms with E-state index in [0.29, 0.717) is 37.4 Å². The number of benzene rings is 1. The van der Waals surface area contributed by atoms with Crippen molar-refractivity contribution in [3.63, 3.8) is 0 Å². The lowest BCUT2D eigenvalue weighted by atomic mass is 9.71. The van der Waals surface area contributed by atoms with Crippen molar-refractivity contribution in [2.45, 2.75) is 38.5 Å². The highest BCUT2D eigenvalue weighted by Gasteiger charge is 2.39. The minimum atomic E-state index is -0.942. The monoisotopic (exact) mass is 383 g/mol. The van der Waals surface area contributed by atoms with Crippen molar-refractivity contribution in [1.82, 2.24) is 9.80 Å². The molecular formula is C21H25N3O4. The highest BCUT2D eigenvalue weighted by molar-refractivity contribution is 5.94. The third kappa shape index (κ3) is 4.50. The summed E-state index contributed by atoms with van der Waals surface area (Å²) >= 11 is 0. The zero-order chi connectivity index (χ0) is 20.1. The topological polar surface area (TPSA) is 82.3 Å². The van der Waals surface area contributed by atoms with Crippen molar-refractivity contribution in [3.8, 4) is 0 Å². The molecule has 3 rings (SSSR count). The molecule has 28 heavy (non-hydrogen) atoms. The zero-order valence-electron chi connectivity index (χ0n) is 15.9. The summed E-state index contributed by atoms with van der Waals surface area (Å²) in [5.74, 6) is -1.01. The second kappa shape index (κ2) is 8.42. The molecule has 1 N–H and O–H groups in total. The van der Waals surface area contributed by atoms with Crippen LogP contribution in [0.2, 0.25) is 0 Å². The minimum Gasteiger partial charge on any atom is -0.481 e. The number of aliphatic carboxylic acids is 1. The third-order valence-corrected chi connectivity index (χ3v) is 6.08. The number of nitrogens with zero attached hydrogens (tertiary/aromatic N) is 3. The summed E-state index contributed by atoms with van der Waals surface area (Å²) in [6, 6.07) is 6.76. The molecule has 2 heterocycles. The van der Waals surface area contributed by atoms with E-state index in [0.717, 1.165) is 25.7 Å². The van der Waals surface area contributed by atoms with E-state index in [9.17, 15) is 14.4 Å². The van der Waals surface area contributed by atoms with Gasteiger partial charge in [0.25, 0.3) is 5.91 Å². The fourth-order valence-electron chi connectivity index (χ4n) is 4.15. The Morgan fingerprint density at radius 2 is 1.46 bits per heavy atom. The number of rotatable bonds is 4. The Morgan fingerprint density at radius 1 is 0.929 bits per heavy atom. The van der Waals surface area contributed by atoms with E-state index in [1.165, 1.54) is 0 Å². The van der Waals surface area contributed by atoms with E-state index in [4.69, 9.17) is 11.7 Å². The van der Waals surface area contributed by atoms with Gasteiger partial charge in [-0.15, -0.1) is 0 Å². The molecule has 7 heteroatoms. The van der Waals surface area contributed by atoms with Crippen LogP contribution in [0.3, 0.4) is 0 Å². The second-order valence-electron chi connectivity index (χ2n) is 7.73. The van der Waals surface area contributed by atoms with Crippen LogP contribution in [0.5, 0.6) is 0 Å². The molecule has 2 saturated heterocycles. The largest absolute Gasteiger partial charge is 0.481 e. The van der Waals surface area contributed by atoms with Crippen LogP contribution in [-0.2, 0) is 9.59 Å². The van der Waals surface area contributed by atoms with Crippen molar-refractivity contribution in [2.75, 3.05) is 26.2 Å². The number of hydrogen-bond acceptors (Lipinski definition) is 3. The Kier molecular flexibility index (Phi) is 5.98. The molecule has 0 unspecified atom stereocenters. The van der Waals surface area contributed by atoms with Gasteiger partial charge in [0, 0.05) is 38.2 Å². The molecule has 0 aromatic heterocycles. The van der Waals surface area contributed by atoms with E-state index in [1.54, 1.807) is 29.2 Å². The SMILES string of the molecule is [C-]#[N+]c1ccc(C(=O)N2CCC3(CCN(C(=O)CCC(=O)O)CC3)CC2)cc1. The summed E-state index contributed by atoms with van der Waals surface area (Å²) in [6.07, 6.45) is 3.62. The van der Waals surface area contributed by atoms with Crippen molar-refractivity contribution < 1.29 is 19.5 Å². The van der Waals surface area contributed by atoms with Gasteiger partial charge < -0.3 is 14.9 Å². The summed E-state index contributed by atoms with van der Waals surface area (Å²) < 4.78 is 0. The summed E-state index contributed by atoms with van der Waals surface area (Å²) in [6.45, 7) is 9.74. The van der Waals surface area contributed by atoms with Crippen LogP contribution >= 0.6 is 0 Å². The maximum Gasteiger partial charge on any atom is 0.303 e. The van der Waals surface area contributed by atoms with Gasteiger partial charge in [0.15, 0.2) is 5.69 Å². The minimum absolute atomic E-state index is 0.00710. The van der Waals surface area contributed by atoms with Crippen molar-refractivity contribution in [2.24, 2.45) is 5.41 Å². The molecule has 2 amide bonds. The predicted molar refractivity (Wildman–Crippen MR) is 103 cm³/mol. The van der Waals surface area contributed by atoms with Crippen molar-refractivity contribution >= 4 is 23.5 Å². The zero-order valence-corrected chi connectivity index (χ0v) is 15.9. The quantitative estimate of drug-likeness (QED) is 0.811. The van der Waals surface area contributed by atoms with Gasteiger partial charge in [-0.2, -0.15) is 0 Å². The maximum atomic E-state index is 12.7.